The molecule has 1 N–H and O–H groups in total. The number of esters is 1. The Kier molecular flexibility index (Phi) is 5.43. The zero-order valence-corrected chi connectivity index (χ0v) is 16.9. The van der Waals surface area contributed by atoms with Crippen molar-refractivity contribution in [1.82, 2.24) is 9.97 Å². The van der Waals surface area contributed by atoms with E-state index in [0.29, 0.717) is 19.0 Å². The van der Waals surface area contributed by atoms with Crippen molar-refractivity contribution in [3.8, 4) is 5.75 Å². The molecular formula is C21H23N3O3S. The van der Waals surface area contributed by atoms with Gasteiger partial charge in [0, 0.05) is 10.6 Å². The standard InChI is InChI=1S/C21H23N3O3S/c1-3-26-14-11-9-13(10-12-14)22-18-17-15-7-5-6-8-16(15)28-20(17)24-19(23-18)21(25)27-4-2/h9-12H,3-8H2,1-2H3,(H,22,23,24). The molecule has 2 aromatic heterocycles. The molecule has 1 aliphatic carbocycles. The summed E-state index contributed by atoms with van der Waals surface area (Å²) in [4.78, 5) is 23.5. The highest BCUT2D eigenvalue weighted by Gasteiger charge is 2.23. The number of hydrogen-bond donors (Lipinski definition) is 1. The van der Waals surface area contributed by atoms with Gasteiger partial charge in [0.2, 0.25) is 5.82 Å². The predicted octanol–water partition coefficient (Wildman–Crippen LogP) is 4.89. The number of nitrogens with zero attached hydrogens (tertiary/aromatic N) is 2. The van der Waals surface area contributed by atoms with Crippen LogP contribution in [-0.2, 0) is 17.6 Å². The molecule has 0 amide bonds. The second kappa shape index (κ2) is 8.14. The lowest BCUT2D eigenvalue weighted by Crippen LogP contribution is -2.11. The van der Waals surface area contributed by atoms with E-state index in [1.165, 1.54) is 23.3 Å². The first-order valence-corrected chi connectivity index (χ1v) is 10.5. The molecule has 0 fully saturated rings. The first-order chi connectivity index (χ1) is 13.7. The summed E-state index contributed by atoms with van der Waals surface area (Å²) in [6, 6.07) is 7.72. The molecule has 0 atom stereocenters. The van der Waals surface area contributed by atoms with Gasteiger partial charge in [0.1, 0.15) is 16.4 Å². The van der Waals surface area contributed by atoms with E-state index in [0.717, 1.165) is 34.5 Å². The summed E-state index contributed by atoms with van der Waals surface area (Å²) in [6.07, 6.45) is 4.45. The summed E-state index contributed by atoms with van der Waals surface area (Å²) >= 11 is 1.66. The topological polar surface area (TPSA) is 73.3 Å². The second-order valence-electron chi connectivity index (χ2n) is 6.59. The molecule has 28 heavy (non-hydrogen) atoms. The Balaban J connectivity index is 1.77. The number of thiophene rings is 1. The van der Waals surface area contributed by atoms with Crippen LogP contribution in [0.3, 0.4) is 0 Å². The Morgan fingerprint density at radius 1 is 1.11 bits per heavy atom. The van der Waals surface area contributed by atoms with Gasteiger partial charge in [-0.3, -0.25) is 0 Å². The summed E-state index contributed by atoms with van der Waals surface area (Å²) in [5.41, 5.74) is 2.20. The SMILES string of the molecule is CCOC(=O)c1nc(Nc2ccc(OCC)cc2)c2c3c(sc2n1)CCCC3. The van der Waals surface area contributed by atoms with Crippen molar-refractivity contribution in [1.29, 1.82) is 0 Å². The summed E-state index contributed by atoms with van der Waals surface area (Å²) in [5, 5.41) is 4.41. The highest BCUT2D eigenvalue weighted by Crippen LogP contribution is 2.39. The molecule has 0 bridgehead atoms. The van der Waals surface area contributed by atoms with Crippen molar-refractivity contribution in [3.63, 3.8) is 0 Å². The molecule has 1 aliphatic rings. The molecule has 0 radical (unpaired) electrons. The van der Waals surface area contributed by atoms with E-state index in [9.17, 15) is 4.79 Å². The number of benzene rings is 1. The average molecular weight is 398 g/mol. The number of hydrogen-bond acceptors (Lipinski definition) is 7. The van der Waals surface area contributed by atoms with Crippen LogP contribution in [0.15, 0.2) is 24.3 Å². The van der Waals surface area contributed by atoms with Gasteiger partial charge in [0.05, 0.1) is 18.6 Å². The Labute approximate surface area is 167 Å². The van der Waals surface area contributed by atoms with Crippen LogP contribution < -0.4 is 10.1 Å². The molecule has 4 rings (SSSR count). The van der Waals surface area contributed by atoms with E-state index < -0.39 is 5.97 Å². The minimum atomic E-state index is -0.495. The molecule has 146 valence electrons. The highest BCUT2D eigenvalue weighted by atomic mass is 32.1. The molecule has 0 saturated heterocycles. The average Bonchev–Trinajstić information content (AvgIpc) is 3.08. The van der Waals surface area contributed by atoms with Gasteiger partial charge in [-0.2, -0.15) is 0 Å². The quantitative estimate of drug-likeness (QED) is 0.597. The largest absolute Gasteiger partial charge is 0.494 e. The van der Waals surface area contributed by atoms with Gasteiger partial charge in [-0.25, -0.2) is 14.8 Å². The van der Waals surface area contributed by atoms with Gasteiger partial charge in [-0.05, 0) is 69.4 Å². The number of anilines is 2. The van der Waals surface area contributed by atoms with Crippen molar-refractivity contribution in [2.75, 3.05) is 18.5 Å². The first-order valence-electron chi connectivity index (χ1n) is 9.69. The maximum Gasteiger partial charge on any atom is 0.376 e. The normalized spacial score (nSPS) is 13.2. The number of aromatic nitrogens is 2. The summed E-state index contributed by atoms with van der Waals surface area (Å²) in [7, 11) is 0. The molecular weight excluding hydrogens is 374 g/mol. The monoisotopic (exact) mass is 397 g/mol. The number of fused-ring (bicyclic) bond motifs is 3. The lowest BCUT2D eigenvalue weighted by Gasteiger charge is -2.13. The van der Waals surface area contributed by atoms with Crippen LogP contribution in [-0.4, -0.2) is 29.2 Å². The van der Waals surface area contributed by atoms with Gasteiger partial charge in [0.25, 0.3) is 0 Å². The third-order valence-electron chi connectivity index (χ3n) is 4.70. The smallest absolute Gasteiger partial charge is 0.376 e. The fourth-order valence-electron chi connectivity index (χ4n) is 3.47. The Morgan fingerprint density at radius 3 is 2.64 bits per heavy atom. The molecule has 0 aliphatic heterocycles. The Bertz CT molecular complexity index is 998. The van der Waals surface area contributed by atoms with Crippen molar-refractivity contribution in [2.45, 2.75) is 39.5 Å². The van der Waals surface area contributed by atoms with Crippen LogP contribution in [0.5, 0.6) is 5.75 Å². The van der Waals surface area contributed by atoms with Gasteiger partial charge in [-0.15, -0.1) is 11.3 Å². The van der Waals surface area contributed by atoms with E-state index >= 15 is 0 Å². The first kappa shape index (κ1) is 18.7. The predicted molar refractivity (Wildman–Crippen MR) is 111 cm³/mol. The maximum atomic E-state index is 12.3. The van der Waals surface area contributed by atoms with Crippen molar-refractivity contribution in [3.05, 3.63) is 40.5 Å². The van der Waals surface area contributed by atoms with E-state index in [2.05, 4.69) is 15.3 Å². The minimum Gasteiger partial charge on any atom is -0.494 e. The van der Waals surface area contributed by atoms with E-state index in [1.807, 2.05) is 31.2 Å². The molecule has 2 heterocycles. The minimum absolute atomic E-state index is 0.0985. The number of ether oxygens (including phenoxy) is 2. The van der Waals surface area contributed by atoms with E-state index in [4.69, 9.17) is 9.47 Å². The Morgan fingerprint density at radius 2 is 1.89 bits per heavy atom. The maximum absolute atomic E-state index is 12.3. The summed E-state index contributed by atoms with van der Waals surface area (Å²) in [6.45, 7) is 4.66. The van der Waals surface area contributed by atoms with E-state index in [-0.39, 0.29) is 5.82 Å². The van der Waals surface area contributed by atoms with Crippen molar-refractivity contribution < 1.29 is 14.3 Å². The molecule has 0 unspecified atom stereocenters. The van der Waals surface area contributed by atoms with Crippen LogP contribution in [0.1, 0.15) is 47.7 Å². The number of rotatable bonds is 6. The third-order valence-corrected chi connectivity index (χ3v) is 5.89. The van der Waals surface area contributed by atoms with E-state index in [1.54, 1.807) is 18.3 Å². The van der Waals surface area contributed by atoms with Crippen molar-refractivity contribution >= 4 is 39.0 Å². The van der Waals surface area contributed by atoms with Gasteiger partial charge < -0.3 is 14.8 Å². The third kappa shape index (κ3) is 3.67. The fraction of sp³-hybridized carbons (Fsp3) is 0.381. The second-order valence-corrected chi connectivity index (χ2v) is 7.67. The van der Waals surface area contributed by atoms with Crippen LogP contribution in [0.4, 0.5) is 11.5 Å². The zero-order chi connectivity index (χ0) is 19.5. The van der Waals surface area contributed by atoms with Gasteiger partial charge in [-0.1, -0.05) is 0 Å². The van der Waals surface area contributed by atoms with Crippen LogP contribution >= 0.6 is 11.3 Å². The Hall–Kier alpha value is -2.67. The summed E-state index contributed by atoms with van der Waals surface area (Å²) < 4.78 is 10.6. The molecule has 0 saturated carbocycles. The zero-order valence-electron chi connectivity index (χ0n) is 16.1. The van der Waals surface area contributed by atoms with Gasteiger partial charge in [0.15, 0.2) is 0 Å². The van der Waals surface area contributed by atoms with Crippen LogP contribution in [0.25, 0.3) is 10.2 Å². The molecule has 0 spiro atoms. The lowest BCUT2D eigenvalue weighted by atomic mass is 9.97. The van der Waals surface area contributed by atoms with Gasteiger partial charge >= 0.3 is 5.97 Å². The molecule has 6 nitrogen and oxygen atoms in total. The number of nitrogens with one attached hydrogen (secondary N) is 1. The molecule has 7 heteroatoms. The van der Waals surface area contributed by atoms with Crippen LogP contribution in [0.2, 0.25) is 0 Å². The van der Waals surface area contributed by atoms with Crippen LogP contribution in [0, 0.1) is 0 Å². The van der Waals surface area contributed by atoms with Crippen molar-refractivity contribution in [2.24, 2.45) is 0 Å². The fourth-order valence-corrected chi connectivity index (χ4v) is 4.73. The lowest BCUT2D eigenvalue weighted by molar-refractivity contribution is 0.0512. The number of carbonyl (C=O) groups excluding carboxylic acids is 1. The molecule has 3 aromatic rings. The summed E-state index contributed by atoms with van der Waals surface area (Å²) in [5.74, 6) is 1.09. The number of carbonyl (C=O) groups is 1. The highest BCUT2D eigenvalue weighted by molar-refractivity contribution is 7.19. The molecule has 1 aromatic carbocycles. The number of aryl methyl sites for hydroxylation is 2.